The van der Waals surface area contributed by atoms with Crippen LogP contribution in [0.4, 0.5) is 5.69 Å². The van der Waals surface area contributed by atoms with Gasteiger partial charge in [-0.25, -0.2) is 4.79 Å². The van der Waals surface area contributed by atoms with Crippen LogP contribution in [0.3, 0.4) is 0 Å². The van der Waals surface area contributed by atoms with Gasteiger partial charge in [-0.05, 0) is 60.0 Å². The minimum absolute atomic E-state index is 0.147. The van der Waals surface area contributed by atoms with Gasteiger partial charge in [0.25, 0.3) is 5.56 Å². The van der Waals surface area contributed by atoms with Crippen LogP contribution in [-0.4, -0.2) is 22.6 Å². The lowest BCUT2D eigenvalue weighted by atomic mass is 10.0. The van der Waals surface area contributed by atoms with Crippen molar-refractivity contribution < 1.29 is 9.53 Å². The number of hydrogen-bond donors (Lipinski definition) is 2. The Hall–Kier alpha value is -4.39. The van der Waals surface area contributed by atoms with Gasteiger partial charge in [0.05, 0.1) is 19.2 Å². The first-order valence-electron chi connectivity index (χ1n) is 10.4. The van der Waals surface area contributed by atoms with Crippen molar-refractivity contribution in [1.29, 1.82) is 0 Å². The predicted octanol–water partition coefficient (Wildman–Crippen LogP) is 3.69. The zero-order chi connectivity index (χ0) is 23.4. The molecule has 1 aromatic heterocycles. The molecule has 4 aromatic rings. The molecule has 0 aliphatic heterocycles. The van der Waals surface area contributed by atoms with E-state index in [0.29, 0.717) is 16.9 Å². The molecule has 0 aliphatic rings. The van der Waals surface area contributed by atoms with E-state index in [-0.39, 0.29) is 12.3 Å². The van der Waals surface area contributed by atoms with Crippen LogP contribution in [0.25, 0.3) is 16.8 Å². The maximum Gasteiger partial charge on any atom is 0.332 e. The fourth-order valence-corrected chi connectivity index (χ4v) is 3.50. The highest BCUT2D eigenvalue weighted by molar-refractivity contribution is 5.92. The van der Waals surface area contributed by atoms with E-state index in [1.54, 1.807) is 38.3 Å². The van der Waals surface area contributed by atoms with E-state index in [4.69, 9.17) is 4.74 Å². The third-order valence-corrected chi connectivity index (χ3v) is 5.26. The molecule has 0 spiro atoms. The molecule has 1 heterocycles. The second kappa shape index (κ2) is 9.40. The van der Waals surface area contributed by atoms with E-state index in [1.165, 1.54) is 10.8 Å². The monoisotopic (exact) mass is 441 g/mol. The van der Waals surface area contributed by atoms with Crippen molar-refractivity contribution in [2.24, 2.45) is 0 Å². The summed E-state index contributed by atoms with van der Waals surface area (Å²) in [5, 5.41) is 2.88. The first-order valence-corrected chi connectivity index (χ1v) is 10.4. The molecular weight excluding hydrogens is 418 g/mol. The fourth-order valence-electron chi connectivity index (χ4n) is 3.50. The van der Waals surface area contributed by atoms with E-state index in [9.17, 15) is 14.4 Å². The van der Waals surface area contributed by atoms with E-state index in [0.717, 1.165) is 22.4 Å². The molecule has 0 bridgehead atoms. The molecule has 3 aromatic carbocycles. The van der Waals surface area contributed by atoms with Crippen LogP contribution in [0.2, 0.25) is 0 Å². The molecule has 0 fully saturated rings. The van der Waals surface area contributed by atoms with E-state index >= 15 is 0 Å². The molecule has 7 nitrogen and oxygen atoms in total. The lowest BCUT2D eigenvalue weighted by Gasteiger charge is -2.10. The maximum absolute atomic E-state index is 12.6. The van der Waals surface area contributed by atoms with Gasteiger partial charge < -0.3 is 10.1 Å². The second-order valence-electron chi connectivity index (χ2n) is 7.64. The largest absolute Gasteiger partial charge is 0.497 e. The van der Waals surface area contributed by atoms with Crippen LogP contribution in [0.5, 0.6) is 5.75 Å². The third-order valence-electron chi connectivity index (χ3n) is 5.26. The summed E-state index contributed by atoms with van der Waals surface area (Å²) in [6.45, 7) is 1.63. The Labute approximate surface area is 190 Å². The lowest BCUT2D eigenvalue weighted by Crippen LogP contribution is -2.29. The standard InChI is InChI=1S/C26H23N3O4/c1-17-16-29(26(32)28-25(17)31)22-10-8-21(9-11-22)27-24(30)15-18-4-3-5-20(14-18)19-6-12-23(33-2)13-7-19/h3-14,16H,15H2,1-2H3,(H,27,30)(H,28,31,32). The van der Waals surface area contributed by atoms with Gasteiger partial charge in [-0.3, -0.25) is 19.1 Å². The molecule has 1 amide bonds. The summed E-state index contributed by atoms with van der Waals surface area (Å²) in [6.07, 6.45) is 1.72. The Balaban J connectivity index is 1.44. The molecule has 0 saturated heterocycles. The van der Waals surface area contributed by atoms with Crippen molar-refractivity contribution in [2.75, 3.05) is 12.4 Å². The topological polar surface area (TPSA) is 93.2 Å². The SMILES string of the molecule is COc1ccc(-c2cccc(CC(=O)Nc3ccc(-n4cc(C)c(=O)[nH]c4=O)cc3)c2)cc1. The number of aromatic amines is 1. The van der Waals surface area contributed by atoms with Crippen LogP contribution in [-0.2, 0) is 11.2 Å². The van der Waals surface area contributed by atoms with Crippen molar-refractivity contribution in [1.82, 2.24) is 9.55 Å². The van der Waals surface area contributed by atoms with E-state index in [2.05, 4.69) is 10.3 Å². The Morgan fingerprint density at radius 2 is 1.70 bits per heavy atom. The van der Waals surface area contributed by atoms with Crippen LogP contribution < -0.4 is 21.3 Å². The Kier molecular flexibility index (Phi) is 6.22. The van der Waals surface area contributed by atoms with E-state index < -0.39 is 11.2 Å². The van der Waals surface area contributed by atoms with Crippen molar-refractivity contribution >= 4 is 11.6 Å². The Morgan fingerprint density at radius 3 is 2.39 bits per heavy atom. The summed E-state index contributed by atoms with van der Waals surface area (Å²) in [5.74, 6) is 0.646. The van der Waals surface area contributed by atoms with Gasteiger partial charge >= 0.3 is 5.69 Å². The van der Waals surface area contributed by atoms with Crippen molar-refractivity contribution in [3.8, 4) is 22.6 Å². The third kappa shape index (κ3) is 5.10. The summed E-state index contributed by atoms with van der Waals surface area (Å²) >= 11 is 0. The number of methoxy groups -OCH3 is 1. The summed E-state index contributed by atoms with van der Waals surface area (Å²) in [6, 6.07) is 22.5. The number of anilines is 1. The predicted molar refractivity (Wildman–Crippen MR) is 128 cm³/mol. The average Bonchev–Trinajstić information content (AvgIpc) is 2.82. The molecule has 33 heavy (non-hydrogen) atoms. The van der Waals surface area contributed by atoms with Crippen LogP contribution in [0.15, 0.2) is 88.6 Å². The Morgan fingerprint density at radius 1 is 0.970 bits per heavy atom. The number of carbonyl (C=O) groups excluding carboxylic acids is 1. The molecule has 0 atom stereocenters. The lowest BCUT2D eigenvalue weighted by molar-refractivity contribution is -0.115. The highest BCUT2D eigenvalue weighted by atomic mass is 16.5. The van der Waals surface area contributed by atoms with Crippen molar-refractivity contribution in [3.05, 3.63) is 111 Å². The molecule has 166 valence electrons. The summed E-state index contributed by atoms with van der Waals surface area (Å²) in [7, 11) is 1.63. The highest BCUT2D eigenvalue weighted by Gasteiger charge is 2.08. The molecule has 7 heteroatoms. The van der Waals surface area contributed by atoms with Gasteiger partial charge in [0, 0.05) is 17.4 Å². The number of hydrogen-bond acceptors (Lipinski definition) is 4. The molecule has 0 aliphatic carbocycles. The number of nitrogens with one attached hydrogen (secondary N) is 2. The first-order chi connectivity index (χ1) is 15.9. The van der Waals surface area contributed by atoms with Crippen LogP contribution in [0, 0.1) is 6.92 Å². The van der Waals surface area contributed by atoms with Gasteiger partial charge in [-0.2, -0.15) is 0 Å². The van der Waals surface area contributed by atoms with Crippen LogP contribution >= 0.6 is 0 Å². The number of aryl methyl sites for hydroxylation is 1. The molecule has 0 unspecified atom stereocenters. The maximum atomic E-state index is 12.6. The highest BCUT2D eigenvalue weighted by Crippen LogP contribution is 2.23. The van der Waals surface area contributed by atoms with E-state index in [1.807, 2.05) is 48.5 Å². The van der Waals surface area contributed by atoms with Crippen molar-refractivity contribution in [2.45, 2.75) is 13.3 Å². The smallest absolute Gasteiger partial charge is 0.332 e. The Bertz CT molecular complexity index is 1400. The second-order valence-corrected chi connectivity index (χ2v) is 7.64. The summed E-state index contributed by atoms with van der Waals surface area (Å²) < 4.78 is 6.56. The normalized spacial score (nSPS) is 10.6. The van der Waals surface area contributed by atoms with Crippen LogP contribution in [0.1, 0.15) is 11.1 Å². The minimum atomic E-state index is -0.515. The fraction of sp³-hybridized carbons (Fsp3) is 0.115. The number of aromatic nitrogens is 2. The molecule has 2 N–H and O–H groups in total. The molecular formula is C26H23N3O4. The number of rotatable bonds is 6. The number of ether oxygens (including phenoxy) is 1. The number of amides is 1. The number of nitrogens with zero attached hydrogens (tertiary/aromatic N) is 1. The summed E-state index contributed by atoms with van der Waals surface area (Å²) in [4.78, 5) is 38.5. The quantitative estimate of drug-likeness (QED) is 0.477. The zero-order valence-electron chi connectivity index (χ0n) is 18.3. The van der Waals surface area contributed by atoms with Gasteiger partial charge in [-0.15, -0.1) is 0 Å². The number of carbonyl (C=O) groups is 1. The number of benzene rings is 3. The van der Waals surface area contributed by atoms with Crippen molar-refractivity contribution in [3.63, 3.8) is 0 Å². The van der Waals surface area contributed by atoms with Gasteiger partial charge in [0.1, 0.15) is 5.75 Å². The minimum Gasteiger partial charge on any atom is -0.497 e. The zero-order valence-corrected chi connectivity index (χ0v) is 18.3. The van der Waals surface area contributed by atoms with Gasteiger partial charge in [0.15, 0.2) is 0 Å². The first kappa shape index (κ1) is 21.8. The molecule has 0 saturated carbocycles. The van der Waals surface area contributed by atoms with Gasteiger partial charge in [-0.1, -0.05) is 36.4 Å². The summed E-state index contributed by atoms with van der Waals surface area (Å²) in [5.41, 5.74) is 3.68. The van der Waals surface area contributed by atoms with Gasteiger partial charge in [0.2, 0.25) is 5.91 Å². The number of H-pyrrole nitrogens is 1. The molecule has 4 rings (SSSR count). The molecule has 0 radical (unpaired) electrons. The average molecular weight is 441 g/mol.